The van der Waals surface area contributed by atoms with Crippen LogP contribution in [0.15, 0.2) is 24.3 Å². The average molecular weight is 370 g/mol. The van der Waals surface area contributed by atoms with Crippen LogP contribution in [0.1, 0.15) is 30.1 Å². The first-order valence-electron chi connectivity index (χ1n) is 8.16. The molecule has 0 spiro atoms. The summed E-state index contributed by atoms with van der Waals surface area (Å²) in [5.74, 6) is -3.09. The van der Waals surface area contributed by atoms with Gasteiger partial charge < -0.3 is 20.1 Å². The molecular weight excluding hydrogens is 350 g/mol. The van der Waals surface area contributed by atoms with E-state index in [4.69, 9.17) is 5.11 Å². The number of nitrogens with one attached hydrogen (secondary N) is 1. The van der Waals surface area contributed by atoms with Crippen LogP contribution in [0.25, 0.3) is 0 Å². The number of aliphatic carboxylic acids is 1. The van der Waals surface area contributed by atoms with Gasteiger partial charge in [-0.15, -0.1) is 0 Å². The van der Waals surface area contributed by atoms with E-state index in [1.165, 1.54) is 36.1 Å². The molecule has 7 nitrogen and oxygen atoms in total. The minimum atomic E-state index is -3.07. The van der Waals surface area contributed by atoms with Gasteiger partial charge in [0.05, 0.1) is 11.5 Å². The molecule has 1 aromatic rings. The third-order valence-corrected chi connectivity index (χ3v) is 4.15. The van der Waals surface area contributed by atoms with Gasteiger partial charge in [-0.25, -0.2) is 0 Å². The summed E-state index contributed by atoms with van der Waals surface area (Å²) in [7, 11) is 0. The number of alkyl halides is 2. The fourth-order valence-corrected chi connectivity index (χ4v) is 2.74. The predicted octanol–water partition coefficient (Wildman–Crippen LogP) is 1.73. The van der Waals surface area contributed by atoms with Crippen molar-refractivity contribution in [3.63, 3.8) is 0 Å². The smallest absolute Gasteiger partial charge is 0.387 e. The summed E-state index contributed by atoms with van der Waals surface area (Å²) in [5, 5.41) is 11.4. The Morgan fingerprint density at radius 3 is 2.69 bits per heavy atom. The maximum absolute atomic E-state index is 12.7. The van der Waals surface area contributed by atoms with Gasteiger partial charge in [-0.2, -0.15) is 8.78 Å². The first-order valence-corrected chi connectivity index (χ1v) is 8.16. The van der Waals surface area contributed by atoms with Crippen LogP contribution in [-0.2, 0) is 9.59 Å². The predicted molar refractivity (Wildman–Crippen MR) is 86.9 cm³/mol. The summed E-state index contributed by atoms with van der Waals surface area (Å²) in [5.41, 5.74) is -0.0496. The molecule has 2 unspecified atom stereocenters. The Bertz CT molecular complexity index is 683. The first-order chi connectivity index (χ1) is 12.3. The largest absolute Gasteiger partial charge is 0.481 e. The average Bonchev–Trinajstić information content (AvgIpc) is 3.08. The van der Waals surface area contributed by atoms with Crippen molar-refractivity contribution >= 4 is 17.8 Å². The van der Waals surface area contributed by atoms with Crippen molar-refractivity contribution in [2.24, 2.45) is 5.92 Å². The first kappa shape index (κ1) is 19.6. The molecule has 1 aliphatic heterocycles. The molecule has 2 atom stereocenters. The Morgan fingerprint density at radius 2 is 2.04 bits per heavy atom. The van der Waals surface area contributed by atoms with Gasteiger partial charge in [0.2, 0.25) is 5.91 Å². The summed E-state index contributed by atoms with van der Waals surface area (Å²) in [6, 6.07) is 4.84. The highest BCUT2D eigenvalue weighted by Gasteiger charge is 2.35. The molecule has 1 aromatic carbocycles. The topological polar surface area (TPSA) is 95.9 Å². The SMILES string of the molecule is CC(CNC(=O)C1CCCN1C(=O)c1ccccc1OC(F)F)C(=O)O. The summed E-state index contributed by atoms with van der Waals surface area (Å²) in [6.45, 7) is -1.37. The number of carbonyl (C=O) groups excluding carboxylic acids is 2. The van der Waals surface area contributed by atoms with Crippen molar-refractivity contribution in [3.8, 4) is 5.75 Å². The fraction of sp³-hybridized carbons (Fsp3) is 0.471. The maximum Gasteiger partial charge on any atom is 0.387 e. The molecule has 0 aromatic heterocycles. The lowest BCUT2D eigenvalue weighted by molar-refractivity contribution is -0.141. The number of carboxylic acids is 1. The Kier molecular flexibility index (Phi) is 6.48. The molecule has 1 saturated heterocycles. The molecule has 0 saturated carbocycles. The van der Waals surface area contributed by atoms with Crippen molar-refractivity contribution in [1.29, 1.82) is 0 Å². The van der Waals surface area contributed by atoms with Crippen molar-refractivity contribution in [2.45, 2.75) is 32.4 Å². The zero-order chi connectivity index (χ0) is 19.3. The van der Waals surface area contributed by atoms with Gasteiger partial charge >= 0.3 is 12.6 Å². The van der Waals surface area contributed by atoms with E-state index in [9.17, 15) is 23.2 Å². The number of carbonyl (C=O) groups is 3. The minimum absolute atomic E-state index is 0.0496. The highest BCUT2D eigenvalue weighted by atomic mass is 19.3. The number of rotatable bonds is 7. The van der Waals surface area contributed by atoms with E-state index >= 15 is 0 Å². The van der Waals surface area contributed by atoms with E-state index in [1.54, 1.807) is 0 Å². The monoisotopic (exact) mass is 370 g/mol. The number of ether oxygens (including phenoxy) is 1. The Balaban J connectivity index is 2.11. The van der Waals surface area contributed by atoms with Gasteiger partial charge in [-0.3, -0.25) is 14.4 Å². The molecule has 1 heterocycles. The zero-order valence-corrected chi connectivity index (χ0v) is 14.2. The van der Waals surface area contributed by atoms with E-state index in [0.29, 0.717) is 19.4 Å². The van der Waals surface area contributed by atoms with Gasteiger partial charge in [0.15, 0.2) is 0 Å². The van der Waals surface area contributed by atoms with Crippen molar-refractivity contribution in [1.82, 2.24) is 10.2 Å². The number of hydrogen-bond donors (Lipinski definition) is 2. The summed E-state index contributed by atoms with van der Waals surface area (Å²) >= 11 is 0. The number of amides is 2. The van der Waals surface area contributed by atoms with Crippen molar-refractivity contribution < 1.29 is 33.0 Å². The quantitative estimate of drug-likeness (QED) is 0.762. The number of benzene rings is 1. The van der Waals surface area contributed by atoms with Crippen LogP contribution in [-0.4, -0.2) is 53.5 Å². The van der Waals surface area contributed by atoms with Crippen LogP contribution < -0.4 is 10.1 Å². The number of nitrogens with zero attached hydrogens (tertiary/aromatic N) is 1. The molecule has 0 bridgehead atoms. The third-order valence-electron chi connectivity index (χ3n) is 4.15. The van der Waals surface area contributed by atoms with E-state index in [0.717, 1.165) is 0 Å². The Hall–Kier alpha value is -2.71. The van der Waals surface area contributed by atoms with Gasteiger partial charge in [-0.1, -0.05) is 19.1 Å². The number of hydrogen-bond acceptors (Lipinski definition) is 4. The number of likely N-dealkylation sites (tertiary alicyclic amines) is 1. The van der Waals surface area contributed by atoms with Gasteiger partial charge in [0, 0.05) is 13.1 Å². The molecule has 2 amide bonds. The molecule has 2 N–H and O–H groups in total. The molecule has 0 radical (unpaired) electrons. The highest BCUT2D eigenvalue weighted by molar-refractivity contribution is 6.00. The normalized spacial score (nSPS) is 17.8. The number of para-hydroxylation sites is 1. The van der Waals surface area contributed by atoms with Crippen LogP contribution in [0, 0.1) is 5.92 Å². The van der Waals surface area contributed by atoms with Crippen LogP contribution in [0.3, 0.4) is 0 Å². The van der Waals surface area contributed by atoms with Crippen molar-refractivity contribution in [2.75, 3.05) is 13.1 Å². The molecule has 1 aliphatic rings. The van der Waals surface area contributed by atoms with Gasteiger partial charge in [0.25, 0.3) is 5.91 Å². The lowest BCUT2D eigenvalue weighted by Gasteiger charge is -2.25. The lowest BCUT2D eigenvalue weighted by atomic mass is 10.1. The van der Waals surface area contributed by atoms with Crippen LogP contribution in [0.2, 0.25) is 0 Å². The van der Waals surface area contributed by atoms with Crippen molar-refractivity contribution in [3.05, 3.63) is 29.8 Å². The Labute approximate surface area is 148 Å². The number of carboxylic acid groups (broad SMARTS) is 1. The summed E-state index contributed by atoms with van der Waals surface area (Å²) in [6.07, 6.45) is 0.993. The third kappa shape index (κ3) is 4.68. The van der Waals surface area contributed by atoms with Gasteiger partial charge in [-0.05, 0) is 25.0 Å². The molecule has 9 heteroatoms. The molecule has 1 fully saturated rings. The standard InChI is InChI=1S/C17H20F2N2O5/c1-10(16(24)25)9-20-14(22)12-6-4-8-21(12)15(23)11-5-2-3-7-13(11)26-17(18)19/h2-3,5,7,10,12,17H,4,6,8-9H2,1H3,(H,20,22)(H,24,25). The molecule has 0 aliphatic carbocycles. The van der Waals surface area contributed by atoms with E-state index < -0.39 is 36.4 Å². The lowest BCUT2D eigenvalue weighted by Crippen LogP contribution is -2.47. The Morgan fingerprint density at radius 1 is 1.35 bits per heavy atom. The molecule has 26 heavy (non-hydrogen) atoms. The molecular formula is C17H20F2N2O5. The molecule has 142 valence electrons. The second-order valence-corrected chi connectivity index (χ2v) is 6.02. The second-order valence-electron chi connectivity index (χ2n) is 6.02. The van der Waals surface area contributed by atoms with E-state index in [1.807, 2.05) is 0 Å². The summed E-state index contributed by atoms with van der Waals surface area (Å²) in [4.78, 5) is 37.2. The zero-order valence-electron chi connectivity index (χ0n) is 14.2. The fourth-order valence-electron chi connectivity index (χ4n) is 2.74. The highest BCUT2D eigenvalue weighted by Crippen LogP contribution is 2.26. The van der Waals surface area contributed by atoms with Crippen LogP contribution in [0.5, 0.6) is 5.75 Å². The van der Waals surface area contributed by atoms with E-state index in [-0.39, 0.29) is 17.9 Å². The van der Waals surface area contributed by atoms with Gasteiger partial charge in [0.1, 0.15) is 11.8 Å². The number of halogens is 2. The van der Waals surface area contributed by atoms with Crippen LogP contribution in [0.4, 0.5) is 8.78 Å². The van der Waals surface area contributed by atoms with E-state index in [2.05, 4.69) is 10.1 Å². The second kappa shape index (κ2) is 8.59. The minimum Gasteiger partial charge on any atom is -0.481 e. The van der Waals surface area contributed by atoms with Crippen LogP contribution >= 0.6 is 0 Å². The summed E-state index contributed by atoms with van der Waals surface area (Å²) < 4.78 is 29.4. The maximum atomic E-state index is 12.7. The molecule has 2 rings (SSSR count).